The van der Waals surface area contributed by atoms with Gasteiger partial charge in [0, 0.05) is 11.8 Å². The molecule has 0 amide bonds. The molecule has 0 radical (unpaired) electrons. The number of allylic oxidation sites excluding steroid dienone is 4. The highest BCUT2D eigenvalue weighted by Crippen LogP contribution is 2.49. The summed E-state index contributed by atoms with van der Waals surface area (Å²) >= 11 is 0. The van der Waals surface area contributed by atoms with Crippen molar-refractivity contribution in [2.75, 3.05) is 0 Å². The lowest BCUT2D eigenvalue weighted by Crippen LogP contribution is -2.20. The van der Waals surface area contributed by atoms with Crippen molar-refractivity contribution in [1.82, 2.24) is 0 Å². The minimum atomic E-state index is 0.288. The maximum atomic E-state index is 11.9. The first-order chi connectivity index (χ1) is 6.88. The summed E-state index contributed by atoms with van der Waals surface area (Å²) in [6, 6.07) is 0. The minimum Gasteiger partial charge on any atom is -0.298 e. The van der Waals surface area contributed by atoms with Crippen LogP contribution in [0.4, 0.5) is 0 Å². The molecule has 3 aliphatic carbocycles. The van der Waals surface area contributed by atoms with Gasteiger partial charge in [-0.2, -0.15) is 0 Å². The predicted molar refractivity (Wildman–Crippen MR) is 55.7 cm³/mol. The van der Waals surface area contributed by atoms with Gasteiger partial charge in [0.1, 0.15) is 5.78 Å². The summed E-state index contributed by atoms with van der Waals surface area (Å²) < 4.78 is 0. The molecule has 1 nitrogen and oxygen atoms in total. The molecule has 74 valence electrons. The molecule has 0 spiro atoms. The van der Waals surface area contributed by atoms with Crippen LogP contribution in [0.5, 0.6) is 0 Å². The van der Waals surface area contributed by atoms with Crippen molar-refractivity contribution in [3.63, 3.8) is 0 Å². The minimum absolute atomic E-state index is 0.288. The smallest absolute Gasteiger partial charge is 0.147 e. The third-order valence-electron chi connectivity index (χ3n) is 4.16. The summed E-state index contributed by atoms with van der Waals surface area (Å²) in [7, 11) is 0. The van der Waals surface area contributed by atoms with Crippen molar-refractivity contribution in [1.29, 1.82) is 0 Å². The molecule has 0 aromatic carbocycles. The summed E-state index contributed by atoms with van der Waals surface area (Å²) in [6.07, 6.45) is 13.7. The summed E-state index contributed by atoms with van der Waals surface area (Å²) in [6.45, 7) is 0. The number of carbonyl (C=O) groups excluding carboxylic acids is 1. The van der Waals surface area contributed by atoms with Crippen LogP contribution >= 0.6 is 0 Å². The number of rotatable bonds is 0. The number of ketones is 1. The Morgan fingerprint density at radius 3 is 1.93 bits per heavy atom. The van der Waals surface area contributed by atoms with E-state index >= 15 is 0 Å². The lowest BCUT2D eigenvalue weighted by atomic mass is 9.77. The molecule has 1 fully saturated rings. The fourth-order valence-corrected chi connectivity index (χ4v) is 3.49. The second-order valence-electron chi connectivity index (χ2n) is 4.79. The van der Waals surface area contributed by atoms with Crippen LogP contribution in [-0.2, 0) is 4.79 Å². The number of hydrogen-bond donors (Lipinski definition) is 0. The van der Waals surface area contributed by atoms with Gasteiger partial charge in [-0.3, -0.25) is 4.79 Å². The molecule has 4 atom stereocenters. The zero-order valence-electron chi connectivity index (χ0n) is 8.36. The molecule has 2 bridgehead atoms. The molecule has 2 unspecified atom stereocenters. The molecule has 14 heavy (non-hydrogen) atoms. The molecular formula is C13H16O. The molecule has 0 aromatic heterocycles. The molecule has 0 saturated heterocycles. The van der Waals surface area contributed by atoms with Crippen molar-refractivity contribution in [3.05, 3.63) is 24.3 Å². The molecule has 0 N–H and O–H groups in total. The van der Waals surface area contributed by atoms with Gasteiger partial charge in [0.05, 0.1) is 0 Å². The van der Waals surface area contributed by atoms with E-state index in [0.717, 1.165) is 0 Å². The monoisotopic (exact) mass is 188 g/mol. The number of Topliss-reactive ketones (excluding diaryl/α,β-unsaturated/α-hetero) is 1. The maximum Gasteiger partial charge on any atom is 0.147 e. The standard InChI is InChI=1S/C13H16O/c14-13-11-7-8-12(13)10-6-4-2-1-3-5-9(10)11/h1-2,7-12H,3-6H2/b2-1-/t9-,10+,11?,12?. The largest absolute Gasteiger partial charge is 0.298 e. The highest BCUT2D eigenvalue weighted by Gasteiger charge is 2.49. The van der Waals surface area contributed by atoms with E-state index in [1.54, 1.807) is 0 Å². The zero-order valence-corrected chi connectivity index (χ0v) is 8.36. The average molecular weight is 188 g/mol. The van der Waals surface area contributed by atoms with Crippen molar-refractivity contribution < 1.29 is 4.79 Å². The third-order valence-corrected chi connectivity index (χ3v) is 4.16. The molecule has 0 heterocycles. The van der Waals surface area contributed by atoms with Crippen molar-refractivity contribution in [2.45, 2.75) is 25.7 Å². The first kappa shape index (κ1) is 8.46. The molecular weight excluding hydrogens is 172 g/mol. The Labute approximate surface area is 84.9 Å². The third kappa shape index (κ3) is 1.05. The normalized spacial score (nSPS) is 47.3. The molecule has 3 aliphatic rings. The molecule has 3 rings (SSSR count). The Morgan fingerprint density at radius 1 is 0.929 bits per heavy atom. The highest BCUT2D eigenvalue weighted by molar-refractivity contribution is 5.92. The van der Waals surface area contributed by atoms with Gasteiger partial charge in [0.15, 0.2) is 0 Å². The fraction of sp³-hybridized carbons (Fsp3) is 0.615. The Kier molecular flexibility index (Phi) is 1.86. The van der Waals surface area contributed by atoms with E-state index in [-0.39, 0.29) is 11.8 Å². The van der Waals surface area contributed by atoms with E-state index in [4.69, 9.17) is 0 Å². The fourth-order valence-electron chi connectivity index (χ4n) is 3.49. The summed E-state index contributed by atoms with van der Waals surface area (Å²) in [4.78, 5) is 11.9. The lowest BCUT2D eigenvalue weighted by Gasteiger charge is -2.27. The van der Waals surface area contributed by atoms with Crippen molar-refractivity contribution in [2.24, 2.45) is 23.7 Å². The first-order valence-corrected chi connectivity index (χ1v) is 5.75. The van der Waals surface area contributed by atoms with Gasteiger partial charge in [0.2, 0.25) is 0 Å². The van der Waals surface area contributed by atoms with E-state index in [1.165, 1.54) is 25.7 Å². The van der Waals surface area contributed by atoms with Crippen LogP contribution in [0.2, 0.25) is 0 Å². The Balaban J connectivity index is 1.90. The predicted octanol–water partition coefficient (Wildman–Crippen LogP) is 2.73. The van der Waals surface area contributed by atoms with Crippen LogP contribution in [0.1, 0.15) is 25.7 Å². The van der Waals surface area contributed by atoms with Gasteiger partial charge in [-0.25, -0.2) is 0 Å². The van der Waals surface area contributed by atoms with Gasteiger partial charge in [0.25, 0.3) is 0 Å². The molecule has 1 heteroatoms. The van der Waals surface area contributed by atoms with E-state index in [1.807, 2.05) is 0 Å². The summed E-state index contributed by atoms with van der Waals surface area (Å²) in [5, 5.41) is 0. The van der Waals surface area contributed by atoms with Crippen LogP contribution in [-0.4, -0.2) is 5.78 Å². The van der Waals surface area contributed by atoms with Crippen molar-refractivity contribution >= 4 is 5.78 Å². The second-order valence-corrected chi connectivity index (χ2v) is 4.79. The van der Waals surface area contributed by atoms with E-state index in [2.05, 4.69) is 24.3 Å². The Morgan fingerprint density at radius 2 is 1.43 bits per heavy atom. The van der Waals surface area contributed by atoms with Gasteiger partial charge in [-0.1, -0.05) is 24.3 Å². The van der Waals surface area contributed by atoms with Crippen LogP contribution < -0.4 is 0 Å². The van der Waals surface area contributed by atoms with Crippen LogP contribution in [0.25, 0.3) is 0 Å². The van der Waals surface area contributed by atoms with Gasteiger partial charge in [-0.15, -0.1) is 0 Å². The highest BCUT2D eigenvalue weighted by atomic mass is 16.1. The van der Waals surface area contributed by atoms with Gasteiger partial charge < -0.3 is 0 Å². The number of carbonyl (C=O) groups is 1. The Hall–Kier alpha value is -0.850. The number of hydrogen-bond acceptors (Lipinski definition) is 1. The van der Waals surface area contributed by atoms with E-state index in [0.29, 0.717) is 17.6 Å². The van der Waals surface area contributed by atoms with Crippen LogP contribution in [0.15, 0.2) is 24.3 Å². The molecule has 1 saturated carbocycles. The molecule has 0 aliphatic heterocycles. The van der Waals surface area contributed by atoms with Gasteiger partial charge >= 0.3 is 0 Å². The summed E-state index contributed by atoms with van der Waals surface area (Å²) in [5.74, 6) is 2.43. The number of fused-ring (bicyclic) bond motifs is 5. The molecule has 0 aromatic rings. The average Bonchev–Trinajstić information content (AvgIpc) is 2.59. The van der Waals surface area contributed by atoms with Crippen LogP contribution in [0, 0.1) is 23.7 Å². The van der Waals surface area contributed by atoms with E-state index < -0.39 is 0 Å². The lowest BCUT2D eigenvalue weighted by molar-refractivity contribution is -0.121. The zero-order chi connectivity index (χ0) is 9.54. The summed E-state index contributed by atoms with van der Waals surface area (Å²) in [5.41, 5.74) is 0. The maximum absolute atomic E-state index is 11.9. The first-order valence-electron chi connectivity index (χ1n) is 5.75. The van der Waals surface area contributed by atoms with E-state index in [9.17, 15) is 4.79 Å². The van der Waals surface area contributed by atoms with Crippen LogP contribution in [0.3, 0.4) is 0 Å². The second kappa shape index (κ2) is 3.08. The van der Waals surface area contributed by atoms with Gasteiger partial charge in [-0.05, 0) is 37.5 Å². The SMILES string of the molecule is O=C1C2C=CC1[C@@H]1CC/C=C\CC[C@H]21. The quantitative estimate of drug-likeness (QED) is 0.534. The Bertz CT molecular complexity index is 285. The topological polar surface area (TPSA) is 17.1 Å². The van der Waals surface area contributed by atoms with Crippen molar-refractivity contribution in [3.8, 4) is 0 Å².